The first kappa shape index (κ1) is 11.6. The zero-order valence-corrected chi connectivity index (χ0v) is 9.96. The molecule has 3 rings (SSSR count). The molecule has 1 aliphatic heterocycles. The zero-order valence-electron chi connectivity index (χ0n) is 9.96. The summed E-state index contributed by atoms with van der Waals surface area (Å²) >= 11 is 0. The smallest absolute Gasteiger partial charge is 0.322 e. The fourth-order valence-corrected chi connectivity index (χ4v) is 2.04. The topological polar surface area (TPSA) is 103 Å². The molecular weight excluding hydrogens is 236 g/mol. The summed E-state index contributed by atoms with van der Waals surface area (Å²) in [6.45, 7) is 0.441. The molecule has 1 aliphatic carbocycles. The van der Waals surface area contributed by atoms with E-state index in [0.717, 1.165) is 19.3 Å². The number of hydrogen-bond donors (Lipinski definition) is 2. The number of rotatable bonds is 4. The van der Waals surface area contributed by atoms with Gasteiger partial charge in [-0.1, -0.05) is 5.10 Å². The standard InChI is InChI=1S/C11H16N4O3/c12-5-7-3-4-8(17-7)9(16)13-11-15-14-10(18-11)6-1-2-6/h6-8H,1-5,12H2,(H,13,15,16). The van der Waals surface area contributed by atoms with E-state index in [1.807, 2.05) is 0 Å². The van der Waals surface area contributed by atoms with Gasteiger partial charge < -0.3 is 14.9 Å². The van der Waals surface area contributed by atoms with Crippen LogP contribution < -0.4 is 11.1 Å². The summed E-state index contributed by atoms with van der Waals surface area (Å²) in [5.74, 6) is 0.752. The second-order valence-electron chi connectivity index (χ2n) is 4.77. The van der Waals surface area contributed by atoms with Gasteiger partial charge >= 0.3 is 6.01 Å². The van der Waals surface area contributed by atoms with Crippen LogP contribution in [0, 0.1) is 0 Å². The number of nitrogens with zero attached hydrogens (tertiary/aromatic N) is 2. The number of hydrogen-bond acceptors (Lipinski definition) is 6. The van der Waals surface area contributed by atoms with E-state index in [0.29, 0.717) is 24.8 Å². The maximum Gasteiger partial charge on any atom is 0.322 e. The van der Waals surface area contributed by atoms with Crippen molar-refractivity contribution >= 4 is 11.9 Å². The van der Waals surface area contributed by atoms with Gasteiger partial charge in [0.15, 0.2) is 0 Å². The second-order valence-corrected chi connectivity index (χ2v) is 4.77. The van der Waals surface area contributed by atoms with Gasteiger partial charge in [0.25, 0.3) is 5.91 Å². The van der Waals surface area contributed by atoms with Gasteiger partial charge in [-0.2, -0.15) is 0 Å². The summed E-state index contributed by atoms with van der Waals surface area (Å²) in [6, 6.07) is 0.154. The summed E-state index contributed by atoms with van der Waals surface area (Å²) in [5.41, 5.74) is 5.49. The van der Waals surface area contributed by atoms with Crippen LogP contribution in [-0.4, -0.2) is 34.9 Å². The summed E-state index contributed by atoms with van der Waals surface area (Å²) in [4.78, 5) is 11.9. The molecule has 0 aromatic carbocycles. The number of anilines is 1. The lowest BCUT2D eigenvalue weighted by molar-refractivity contribution is -0.126. The number of ether oxygens (including phenoxy) is 1. The van der Waals surface area contributed by atoms with Crippen molar-refractivity contribution in [1.29, 1.82) is 0 Å². The highest BCUT2D eigenvalue weighted by atomic mass is 16.5. The molecule has 2 fully saturated rings. The highest BCUT2D eigenvalue weighted by Gasteiger charge is 2.32. The Kier molecular flexibility index (Phi) is 3.00. The molecule has 2 atom stereocenters. The van der Waals surface area contributed by atoms with E-state index in [1.54, 1.807) is 0 Å². The largest absolute Gasteiger partial charge is 0.408 e. The molecular formula is C11H16N4O3. The van der Waals surface area contributed by atoms with Crippen molar-refractivity contribution in [3.63, 3.8) is 0 Å². The molecule has 2 heterocycles. The monoisotopic (exact) mass is 252 g/mol. The molecule has 18 heavy (non-hydrogen) atoms. The second kappa shape index (κ2) is 4.66. The Morgan fingerprint density at radius 2 is 2.17 bits per heavy atom. The minimum Gasteiger partial charge on any atom is -0.408 e. The number of carbonyl (C=O) groups excluding carboxylic acids is 1. The molecule has 0 bridgehead atoms. The van der Waals surface area contributed by atoms with Crippen LogP contribution in [0.2, 0.25) is 0 Å². The van der Waals surface area contributed by atoms with E-state index in [2.05, 4.69) is 15.5 Å². The Morgan fingerprint density at radius 1 is 1.33 bits per heavy atom. The average molecular weight is 252 g/mol. The van der Waals surface area contributed by atoms with Crippen molar-refractivity contribution in [2.24, 2.45) is 5.73 Å². The van der Waals surface area contributed by atoms with Gasteiger partial charge in [-0.05, 0) is 25.7 Å². The lowest BCUT2D eigenvalue weighted by Gasteiger charge is -2.10. The Labute approximate surface area is 104 Å². The van der Waals surface area contributed by atoms with Crippen LogP contribution in [0.25, 0.3) is 0 Å². The molecule has 0 spiro atoms. The molecule has 0 radical (unpaired) electrons. The molecule has 98 valence electrons. The van der Waals surface area contributed by atoms with Crippen LogP contribution in [0.3, 0.4) is 0 Å². The van der Waals surface area contributed by atoms with Gasteiger partial charge in [0.2, 0.25) is 5.89 Å². The van der Waals surface area contributed by atoms with Gasteiger partial charge in [0.1, 0.15) is 6.10 Å². The number of nitrogens with one attached hydrogen (secondary N) is 1. The molecule has 2 aliphatic rings. The Hall–Kier alpha value is -1.47. The lowest BCUT2D eigenvalue weighted by atomic mass is 10.2. The fraction of sp³-hybridized carbons (Fsp3) is 0.727. The van der Waals surface area contributed by atoms with Gasteiger partial charge in [-0.25, -0.2) is 0 Å². The highest BCUT2D eigenvalue weighted by Crippen LogP contribution is 2.39. The highest BCUT2D eigenvalue weighted by molar-refractivity contribution is 5.92. The van der Waals surface area contributed by atoms with E-state index in [1.165, 1.54) is 0 Å². The van der Waals surface area contributed by atoms with Crippen molar-refractivity contribution in [1.82, 2.24) is 10.2 Å². The van der Waals surface area contributed by atoms with Crippen LogP contribution in [0.15, 0.2) is 4.42 Å². The first-order valence-electron chi connectivity index (χ1n) is 6.26. The predicted octanol–water partition coefficient (Wildman–Crippen LogP) is 0.392. The van der Waals surface area contributed by atoms with Crippen molar-refractivity contribution in [3.05, 3.63) is 5.89 Å². The van der Waals surface area contributed by atoms with Crippen molar-refractivity contribution in [2.45, 2.75) is 43.8 Å². The van der Waals surface area contributed by atoms with E-state index in [9.17, 15) is 4.79 Å². The summed E-state index contributed by atoms with van der Waals surface area (Å²) in [5, 5.41) is 10.3. The molecule has 1 saturated heterocycles. The normalized spacial score (nSPS) is 27.4. The third kappa shape index (κ3) is 2.37. The summed E-state index contributed by atoms with van der Waals surface area (Å²) in [7, 11) is 0. The zero-order chi connectivity index (χ0) is 12.5. The first-order chi connectivity index (χ1) is 8.76. The first-order valence-corrected chi connectivity index (χ1v) is 6.26. The van der Waals surface area contributed by atoms with Crippen LogP contribution in [0.4, 0.5) is 6.01 Å². The maximum atomic E-state index is 11.9. The molecule has 1 amide bonds. The quantitative estimate of drug-likeness (QED) is 0.803. The van der Waals surface area contributed by atoms with E-state index in [-0.39, 0.29) is 18.0 Å². The summed E-state index contributed by atoms with van der Waals surface area (Å²) < 4.78 is 10.8. The third-order valence-electron chi connectivity index (χ3n) is 3.26. The Bertz CT molecular complexity index is 443. The minimum absolute atomic E-state index is 0.0227. The molecule has 1 aromatic rings. The molecule has 3 N–H and O–H groups in total. The average Bonchev–Trinajstić information content (AvgIpc) is 2.93. The van der Waals surface area contributed by atoms with E-state index >= 15 is 0 Å². The maximum absolute atomic E-state index is 11.9. The number of amides is 1. The van der Waals surface area contributed by atoms with Gasteiger partial charge in [0, 0.05) is 12.5 Å². The number of carbonyl (C=O) groups is 1. The SMILES string of the molecule is NCC1CCC(C(=O)Nc2nnc(C3CC3)o2)O1. The molecule has 1 saturated carbocycles. The van der Waals surface area contributed by atoms with E-state index in [4.69, 9.17) is 14.9 Å². The molecule has 1 aromatic heterocycles. The minimum atomic E-state index is -0.463. The van der Waals surface area contributed by atoms with Crippen LogP contribution >= 0.6 is 0 Å². The van der Waals surface area contributed by atoms with E-state index < -0.39 is 6.10 Å². The van der Waals surface area contributed by atoms with Crippen molar-refractivity contribution in [3.8, 4) is 0 Å². The predicted molar refractivity (Wildman–Crippen MR) is 61.9 cm³/mol. The fourth-order valence-electron chi connectivity index (χ4n) is 2.04. The number of nitrogens with two attached hydrogens (primary N) is 1. The van der Waals surface area contributed by atoms with Gasteiger partial charge in [-0.3, -0.25) is 10.1 Å². The Balaban J connectivity index is 1.56. The van der Waals surface area contributed by atoms with Crippen LogP contribution in [-0.2, 0) is 9.53 Å². The van der Waals surface area contributed by atoms with Gasteiger partial charge in [0.05, 0.1) is 6.10 Å². The molecule has 7 heteroatoms. The third-order valence-corrected chi connectivity index (χ3v) is 3.26. The lowest BCUT2D eigenvalue weighted by Crippen LogP contribution is -2.29. The van der Waals surface area contributed by atoms with Crippen LogP contribution in [0.5, 0.6) is 0 Å². The summed E-state index contributed by atoms with van der Waals surface area (Å²) in [6.07, 6.45) is 3.17. The van der Waals surface area contributed by atoms with Crippen molar-refractivity contribution in [2.75, 3.05) is 11.9 Å². The van der Waals surface area contributed by atoms with Crippen molar-refractivity contribution < 1.29 is 13.9 Å². The molecule has 7 nitrogen and oxygen atoms in total. The van der Waals surface area contributed by atoms with Gasteiger partial charge in [-0.15, -0.1) is 5.10 Å². The molecule has 2 unspecified atom stereocenters. The Morgan fingerprint density at radius 3 is 2.83 bits per heavy atom. The number of aromatic nitrogens is 2. The van der Waals surface area contributed by atoms with Crippen LogP contribution in [0.1, 0.15) is 37.5 Å².